The average Bonchev–Trinajstić information content (AvgIpc) is 2.74. The topological polar surface area (TPSA) is 74.5 Å². The molecule has 1 heterocycles. The van der Waals surface area contributed by atoms with Crippen LogP contribution in [0.25, 0.3) is 0 Å². The number of rotatable bonds is 6. The zero-order valence-corrected chi connectivity index (χ0v) is 18.2. The van der Waals surface area contributed by atoms with E-state index in [-0.39, 0.29) is 0 Å². The zero-order valence-electron chi connectivity index (χ0n) is 18.2. The number of methoxy groups -OCH3 is 1. The van der Waals surface area contributed by atoms with Crippen molar-refractivity contribution in [2.24, 2.45) is 0 Å². The fourth-order valence-electron chi connectivity index (χ4n) is 3.48. The Morgan fingerprint density at radius 1 is 0.935 bits per heavy atom. The van der Waals surface area contributed by atoms with Crippen LogP contribution in [0.1, 0.15) is 49.6 Å². The smallest absolute Gasteiger partial charge is 0.408 e. The van der Waals surface area contributed by atoms with E-state index < -0.39 is 23.7 Å². The number of pyridine rings is 1. The number of carbonyl (C=O) groups is 1. The van der Waals surface area contributed by atoms with Crippen molar-refractivity contribution >= 4 is 6.09 Å². The summed E-state index contributed by atoms with van der Waals surface area (Å²) in [5, 5.41) is 15.8. The van der Waals surface area contributed by atoms with Crippen LogP contribution in [0.4, 0.5) is 4.79 Å². The van der Waals surface area contributed by atoms with Crippen LogP contribution in [-0.4, -0.2) is 18.8 Å². The fourth-order valence-corrected chi connectivity index (χ4v) is 3.48. The van der Waals surface area contributed by atoms with Gasteiger partial charge in [-0.05, 0) is 50.1 Å². The minimum absolute atomic E-state index is 0.459. The highest BCUT2D eigenvalue weighted by atomic mass is 16.6. The number of nitrogens with zero attached hydrogens (tertiary/aromatic N) is 1. The number of benzene rings is 2. The number of aromatic nitrogens is 1. The van der Waals surface area contributed by atoms with Crippen LogP contribution >= 0.6 is 0 Å². The first kappa shape index (κ1) is 22.2. The molecule has 0 saturated heterocycles. The Labute approximate surface area is 183 Å². The van der Waals surface area contributed by atoms with E-state index in [4.69, 9.17) is 9.47 Å². The van der Waals surface area contributed by atoms with Crippen molar-refractivity contribution in [3.63, 3.8) is 0 Å². The van der Waals surface area contributed by atoms with Gasteiger partial charge in [0.05, 0.1) is 19.1 Å². The molecule has 3 aromatic rings. The lowest BCUT2D eigenvalue weighted by Crippen LogP contribution is -2.41. The van der Waals surface area contributed by atoms with Gasteiger partial charge in [-0.2, -0.15) is 4.73 Å². The number of carbonyl (C=O) groups excluding carboxylic acids is 1. The SMILES string of the molecule is COc1ccc([C@@H](c2cccc[n+]2[O-])[C@@H](NC(=O)OC(C)(C)C)c2ccccc2)cc1. The van der Waals surface area contributed by atoms with Crippen LogP contribution in [-0.2, 0) is 4.74 Å². The quantitative estimate of drug-likeness (QED) is 0.462. The van der Waals surface area contributed by atoms with E-state index >= 15 is 0 Å². The Bertz CT molecular complexity index is 998. The van der Waals surface area contributed by atoms with Crippen LogP contribution in [0, 0.1) is 5.21 Å². The molecule has 3 rings (SSSR count). The Hall–Kier alpha value is -3.54. The lowest BCUT2D eigenvalue weighted by Gasteiger charge is -2.29. The van der Waals surface area contributed by atoms with Gasteiger partial charge in [-0.25, -0.2) is 4.79 Å². The molecule has 0 fully saturated rings. The molecule has 0 saturated carbocycles. The summed E-state index contributed by atoms with van der Waals surface area (Å²) in [5.74, 6) is 0.251. The Kier molecular flexibility index (Phi) is 6.80. The van der Waals surface area contributed by atoms with Gasteiger partial charge in [0.2, 0.25) is 5.69 Å². The summed E-state index contributed by atoms with van der Waals surface area (Å²) >= 11 is 0. The van der Waals surface area contributed by atoms with E-state index in [9.17, 15) is 10.0 Å². The molecule has 1 N–H and O–H groups in total. The molecule has 1 amide bonds. The Balaban J connectivity index is 2.12. The molecule has 1 aromatic heterocycles. The van der Waals surface area contributed by atoms with E-state index in [2.05, 4.69) is 5.32 Å². The average molecular weight is 421 g/mol. The second kappa shape index (κ2) is 9.51. The summed E-state index contributed by atoms with van der Waals surface area (Å²) in [6, 6.07) is 21.8. The van der Waals surface area contributed by atoms with Gasteiger partial charge in [-0.3, -0.25) is 0 Å². The van der Waals surface area contributed by atoms with Crippen molar-refractivity contribution in [2.75, 3.05) is 7.11 Å². The van der Waals surface area contributed by atoms with Gasteiger partial charge in [-0.15, -0.1) is 0 Å². The zero-order chi connectivity index (χ0) is 22.4. The molecule has 0 aliphatic rings. The second-order valence-electron chi connectivity index (χ2n) is 8.24. The molecule has 2 atom stereocenters. The predicted octanol–water partition coefficient (Wildman–Crippen LogP) is 4.73. The van der Waals surface area contributed by atoms with Crippen molar-refractivity contribution in [1.29, 1.82) is 0 Å². The first-order valence-corrected chi connectivity index (χ1v) is 10.1. The number of ether oxygens (including phenoxy) is 2. The molecule has 2 aromatic carbocycles. The summed E-state index contributed by atoms with van der Waals surface area (Å²) in [6.07, 6.45) is 0.912. The molecule has 0 unspecified atom stereocenters. The first-order chi connectivity index (χ1) is 14.8. The third-order valence-corrected chi connectivity index (χ3v) is 4.81. The molecular weight excluding hydrogens is 392 g/mol. The number of alkyl carbamates (subject to hydrolysis) is 1. The Morgan fingerprint density at radius 3 is 2.16 bits per heavy atom. The lowest BCUT2D eigenvalue weighted by atomic mass is 9.84. The minimum atomic E-state index is -0.647. The summed E-state index contributed by atoms with van der Waals surface area (Å²) in [5.41, 5.74) is 1.59. The summed E-state index contributed by atoms with van der Waals surface area (Å²) in [4.78, 5) is 12.8. The highest BCUT2D eigenvalue weighted by Gasteiger charge is 2.34. The summed E-state index contributed by atoms with van der Waals surface area (Å²) < 4.78 is 11.6. The van der Waals surface area contributed by atoms with Crippen molar-refractivity contribution in [3.8, 4) is 5.75 Å². The van der Waals surface area contributed by atoms with E-state index in [0.29, 0.717) is 11.4 Å². The number of hydrogen-bond donors (Lipinski definition) is 1. The normalized spacial score (nSPS) is 13.2. The minimum Gasteiger partial charge on any atom is -0.618 e. The summed E-state index contributed by atoms with van der Waals surface area (Å²) in [7, 11) is 1.60. The second-order valence-corrected chi connectivity index (χ2v) is 8.24. The lowest BCUT2D eigenvalue weighted by molar-refractivity contribution is -0.615. The van der Waals surface area contributed by atoms with Crippen molar-refractivity contribution in [3.05, 3.63) is 101 Å². The van der Waals surface area contributed by atoms with Gasteiger partial charge in [0.15, 0.2) is 6.20 Å². The van der Waals surface area contributed by atoms with Crippen LogP contribution in [0.2, 0.25) is 0 Å². The van der Waals surface area contributed by atoms with Gasteiger partial charge in [0, 0.05) is 12.1 Å². The largest absolute Gasteiger partial charge is 0.618 e. The van der Waals surface area contributed by atoms with Crippen molar-refractivity contribution < 1.29 is 19.0 Å². The van der Waals surface area contributed by atoms with Crippen LogP contribution in [0.5, 0.6) is 5.75 Å². The molecule has 0 aliphatic heterocycles. The van der Waals surface area contributed by atoms with Crippen LogP contribution in [0.3, 0.4) is 0 Å². The molecule has 6 heteroatoms. The van der Waals surface area contributed by atoms with Gasteiger partial charge in [-0.1, -0.05) is 42.5 Å². The maximum Gasteiger partial charge on any atom is 0.408 e. The van der Waals surface area contributed by atoms with Gasteiger partial charge >= 0.3 is 6.09 Å². The van der Waals surface area contributed by atoms with Crippen molar-refractivity contribution in [2.45, 2.75) is 38.3 Å². The summed E-state index contributed by atoms with van der Waals surface area (Å²) in [6.45, 7) is 5.44. The monoisotopic (exact) mass is 420 g/mol. The highest BCUT2D eigenvalue weighted by Crippen LogP contribution is 2.36. The number of amides is 1. The van der Waals surface area contributed by atoms with E-state index in [1.165, 1.54) is 6.20 Å². The van der Waals surface area contributed by atoms with E-state index in [1.54, 1.807) is 19.2 Å². The first-order valence-electron chi connectivity index (χ1n) is 10.1. The van der Waals surface area contributed by atoms with Gasteiger partial charge in [0.1, 0.15) is 11.4 Å². The molecular formula is C25H28N2O4. The van der Waals surface area contributed by atoms with Gasteiger partial charge in [0.25, 0.3) is 0 Å². The number of nitrogens with one attached hydrogen (secondary N) is 1. The van der Waals surface area contributed by atoms with Crippen LogP contribution in [0.15, 0.2) is 79.0 Å². The molecule has 6 nitrogen and oxygen atoms in total. The molecule has 162 valence electrons. The van der Waals surface area contributed by atoms with Crippen molar-refractivity contribution in [1.82, 2.24) is 5.32 Å². The highest BCUT2D eigenvalue weighted by molar-refractivity contribution is 5.69. The maximum absolute atomic E-state index is 12.8. The maximum atomic E-state index is 12.8. The van der Waals surface area contributed by atoms with E-state index in [1.807, 2.05) is 81.4 Å². The van der Waals surface area contributed by atoms with E-state index in [0.717, 1.165) is 15.9 Å². The molecule has 0 radical (unpaired) electrons. The number of hydrogen-bond acceptors (Lipinski definition) is 4. The van der Waals surface area contributed by atoms with Gasteiger partial charge < -0.3 is 20.0 Å². The fraction of sp³-hybridized carbons (Fsp3) is 0.280. The molecule has 0 aliphatic carbocycles. The molecule has 31 heavy (non-hydrogen) atoms. The third kappa shape index (κ3) is 5.75. The Morgan fingerprint density at radius 2 is 1.58 bits per heavy atom. The standard InChI is InChI=1S/C25H28N2O4/c1-25(2,3)31-24(28)26-23(19-10-6-5-7-11-19)22(21-12-8-9-17-27(21)29)18-13-15-20(30-4)16-14-18/h5-17,22-23H,1-4H3,(H,26,28)/t22-,23-/m0/s1. The predicted molar refractivity (Wildman–Crippen MR) is 119 cm³/mol. The third-order valence-electron chi connectivity index (χ3n) is 4.81. The van der Waals surface area contributed by atoms with Crippen LogP contribution < -0.4 is 14.8 Å². The molecule has 0 spiro atoms. The molecule has 0 bridgehead atoms.